The van der Waals surface area contributed by atoms with Crippen molar-refractivity contribution >= 4 is 17.0 Å². The van der Waals surface area contributed by atoms with Crippen molar-refractivity contribution < 1.29 is 0 Å². The molecule has 0 bridgehead atoms. The number of benzene rings is 1. The number of rotatable bonds is 4. The molecule has 4 heterocycles. The number of aromatic nitrogens is 2. The number of nitrogens with zero attached hydrogens (tertiary/aromatic N) is 4. The van der Waals surface area contributed by atoms with Gasteiger partial charge < -0.3 is 9.72 Å². The molecule has 0 atom stereocenters. The van der Waals surface area contributed by atoms with E-state index in [9.17, 15) is 5.26 Å². The van der Waals surface area contributed by atoms with Crippen molar-refractivity contribution in [3.8, 4) is 27.8 Å². The number of hydrogen-bond acceptors (Lipinski definition) is 5. The SMILES string of the molecule is N#Cc1ccc(-c2nc3ccc(-c4ccccc4)cn3c2CN2CCCNCC2)s1. The molecule has 0 radical (unpaired) electrons. The van der Waals surface area contributed by atoms with E-state index in [1.165, 1.54) is 28.2 Å². The molecule has 0 unspecified atom stereocenters. The molecule has 150 valence electrons. The highest BCUT2D eigenvalue weighted by Gasteiger charge is 2.20. The van der Waals surface area contributed by atoms with E-state index in [1.54, 1.807) is 0 Å². The number of thiophene rings is 1. The van der Waals surface area contributed by atoms with Gasteiger partial charge >= 0.3 is 0 Å². The second-order valence-corrected chi connectivity index (χ2v) is 8.66. The molecular formula is C24H23N5S. The topological polar surface area (TPSA) is 56.4 Å². The van der Waals surface area contributed by atoms with E-state index in [0.717, 1.165) is 60.2 Å². The summed E-state index contributed by atoms with van der Waals surface area (Å²) >= 11 is 1.51. The molecule has 1 aliphatic rings. The Morgan fingerprint density at radius 3 is 2.73 bits per heavy atom. The number of nitrogens with one attached hydrogen (secondary N) is 1. The van der Waals surface area contributed by atoms with Gasteiger partial charge in [-0.2, -0.15) is 5.26 Å². The van der Waals surface area contributed by atoms with Crippen LogP contribution in [0.25, 0.3) is 27.3 Å². The second-order valence-electron chi connectivity index (χ2n) is 7.57. The maximum atomic E-state index is 9.28. The average Bonchev–Trinajstić information content (AvgIpc) is 3.31. The maximum Gasteiger partial charge on any atom is 0.137 e. The van der Waals surface area contributed by atoms with Crippen LogP contribution in [0.5, 0.6) is 0 Å². The molecule has 6 heteroatoms. The molecule has 4 aromatic rings. The second kappa shape index (κ2) is 8.41. The minimum Gasteiger partial charge on any atom is -0.315 e. The van der Waals surface area contributed by atoms with Gasteiger partial charge in [0.1, 0.15) is 22.3 Å². The minimum absolute atomic E-state index is 0.719. The van der Waals surface area contributed by atoms with E-state index < -0.39 is 0 Å². The van der Waals surface area contributed by atoms with Crippen molar-refractivity contribution in [2.45, 2.75) is 13.0 Å². The predicted octanol–water partition coefficient (Wildman–Crippen LogP) is 4.40. The number of nitriles is 1. The van der Waals surface area contributed by atoms with Gasteiger partial charge in [0.15, 0.2) is 0 Å². The Labute approximate surface area is 180 Å². The summed E-state index contributed by atoms with van der Waals surface area (Å²) in [7, 11) is 0. The maximum absolute atomic E-state index is 9.28. The van der Waals surface area contributed by atoms with Gasteiger partial charge in [-0.05, 0) is 54.9 Å². The Hall–Kier alpha value is -2.98. The van der Waals surface area contributed by atoms with Crippen molar-refractivity contribution in [1.82, 2.24) is 19.6 Å². The summed E-state index contributed by atoms with van der Waals surface area (Å²) in [5.74, 6) is 0. The normalized spacial score (nSPS) is 15.2. The van der Waals surface area contributed by atoms with Crippen LogP contribution in [0, 0.1) is 11.3 Å². The molecule has 0 spiro atoms. The molecule has 1 saturated heterocycles. The first-order chi connectivity index (χ1) is 14.8. The fourth-order valence-electron chi connectivity index (χ4n) is 4.04. The lowest BCUT2D eigenvalue weighted by molar-refractivity contribution is 0.281. The third kappa shape index (κ3) is 3.75. The lowest BCUT2D eigenvalue weighted by Gasteiger charge is -2.20. The standard InChI is InChI=1S/C24H23N5S/c25-15-20-8-9-22(30-20)24-21(17-28-13-4-11-26-12-14-28)29-16-19(7-10-23(29)27-24)18-5-2-1-3-6-18/h1-3,5-10,16,26H,4,11-14,17H2. The quantitative estimate of drug-likeness (QED) is 0.539. The highest BCUT2D eigenvalue weighted by molar-refractivity contribution is 7.16. The summed E-state index contributed by atoms with van der Waals surface area (Å²) < 4.78 is 2.24. The van der Waals surface area contributed by atoms with Crippen molar-refractivity contribution in [2.24, 2.45) is 0 Å². The van der Waals surface area contributed by atoms with Crippen LogP contribution >= 0.6 is 11.3 Å². The van der Waals surface area contributed by atoms with Gasteiger partial charge in [-0.3, -0.25) is 4.90 Å². The summed E-state index contributed by atoms with van der Waals surface area (Å²) in [6.07, 6.45) is 3.35. The first kappa shape index (κ1) is 19.0. The highest BCUT2D eigenvalue weighted by Crippen LogP contribution is 2.32. The number of hydrogen-bond donors (Lipinski definition) is 1. The fourth-order valence-corrected chi connectivity index (χ4v) is 4.85. The molecule has 0 amide bonds. The van der Waals surface area contributed by atoms with Crippen LogP contribution < -0.4 is 5.32 Å². The van der Waals surface area contributed by atoms with Gasteiger partial charge in [0, 0.05) is 25.8 Å². The lowest BCUT2D eigenvalue weighted by atomic mass is 10.1. The van der Waals surface area contributed by atoms with Crippen molar-refractivity contribution in [1.29, 1.82) is 5.26 Å². The van der Waals surface area contributed by atoms with Crippen molar-refractivity contribution in [3.63, 3.8) is 0 Å². The van der Waals surface area contributed by atoms with Gasteiger partial charge in [0.05, 0.1) is 10.6 Å². The van der Waals surface area contributed by atoms with E-state index in [0.29, 0.717) is 0 Å². The smallest absolute Gasteiger partial charge is 0.137 e. The van der Waals surface area contributed by atoms with E-state index in [2.05, 4.69) is 63.3 Å². The lowest BCUT2D eigenvalue weighted by Crippen LogP contribution is -2.28. The zero-order valence-corrected chi connectivity index (χ0v) is 17.5. The predicted molar refractivity (Wildman–Crippen MR) is 121 cm³/mol. The minimum atomic E-state index is 0.719. The Morgan fingerprint density at radius 2 is 1.90 bits per heavy atom. The Morgan fingerprint density at radius 1 is 1.00 bits per heavy atom. The molecular weight excluding hydrogens is 390 g/mol. The molecule has 1 N–H and O–H groups in total. The Bertz CT molecular complexity index is 1190. The number of imidazole rings is 1. The van der Waals surface area contributed by atoms with Crippen LogP contribution in [0.15, 0.2) is 60.8 Å². The molecule has 5 nitrogen and oxygen atoms in total. The van der Waals surface area contributed by atoms with Crippen LogP contribution in [0.3, 0.4) is 0 Å². The van der Waals surface area contributed by atoms with Gasteiger partial charge in [-0.25, -0.2) is 4.98 Å². The van der Waals surface area contributed by atoms with Crippen LogP contribution in [-0.4, -0.2) is 40.5 Å². The van der Waals surface area contributed by atoms with Gasteiger partial charge in [-0.15, -0.1) is 11.3 Å². The summed E-state index contributed by atoms with van der Waals surface area (Å²) in [4.78, 5) is 9.25. The summed E-state index contributed by atoms with van der Waals surface area (Å²) in [5, 5.41) is 12.8. The summed E-state index contributed by atoms with van der Waals surface area (Å²) in [6.45, 7) is 5.03. The zero-order valence-electron chi connectivity index (χ0n) is 16.7. The molecule has 0 aliphatic carbocycles. The molecule has 1 aliphatic heterocycles. The first-order valence-electron chi connectivity index (χ1n) is 10.3. The fraction of sp³-hybridized carbons (Fsp3) is 0.250. The average molecular weight is 414 g/mol. The number of pyridine rings is 1. The first-order valence-corrected chi connectivity index (χ1v) is 11.1. The van der Waals surface area contributed by atoms with E-state index in [1.807, 2.05) is 18.2 Å². The van der Waals surface area contributed by atoms with Gasteiger partial charge in [0.25, 0.3) is 0 Å². The molecule has 1 aromatic carbocycles. The van der Waals surface area contributed by atoms with Crippen LogP contribution in [0.4, 0.5) is 0 Å². The van der Waals surface area contributed by atoms with E-state index >= 15 is 0 Å². The highest BCUT2D eigenvalue weighted by atomic mass is 32.1. The monoisotopic (exact) mass is 413 g/mol. The Balaban J connectivity index is 1.63. The van der Waals surface area contributed by atoms with Crippen molar-refractivity contribution in [2.75, 3.05) is 26.2 Å². The van der Waals surface area contributed by atoms with Crippen LogP contribution in [0.1, 0.15) is 17.0 Å². The molecule has 5 rings (SSSR count). The van der Waals surface area contributed by atoms with E-state index in [4.69, 9.17) is 4.98 Å². The third-order valence-electron chi connectivity index (χ3n) is 5.58. The molecule has 30 heavy (non-hydrogen) atoms. The number of fused-ring (bicyclic) bond motifs is 1. The zero-order chi connectivity index (χ0) is 20.3. The molecule has 1 fully saturated rings. The van der Waals surface area contributed by atoms with Gasteiger partial charge in [-0.1, -0.05) is 30.3 Å². The molecule has 0 saturated carbocycles. The summed E-state index contributed by atoms with van der Waals surface area (Å²) in [5.41, 5.74) is 5.50. The third-order valence-corrected chi connectivity index (χ3v) is 6.58. The van der Waals surface area contributed by atoms with Crippen LogP contribution in [0.2, 0.25) is 0 Å². The van der Waals surface area contributed by atoms with Crippen molar-refractivity contribution in [3.05, 3.63) is 71.4 Å². The van der Waals surface area contributed by atoms with Crippen LogP contribution in [-0.2, 0) is 6.54 Å². The van der Waals surface area contributed by atoms with E-state index in [-0.39, 0.29) is 0 Å². The molecule has 3 aromatic heterocycles. The summed E-state index contributed by atoms with van der Waals surface area (Å²) in [6, 6.07) is 20.9. The largest absolute Gasteiger partial charge is 0.315 e. The van der Waals surface area contributed by atoms with Gasteiger partial charge in [0.2, 0.25) is 0 Å². The Kier molecular flexibility index (Phi) is 5.33.